The highest BCUT2D eigenvalue weighted by molar-refractivity contribution is 7.10. The van der Waals surface area contributed by atoms with Crippen LogP contribution in [0.25, 0.3) is 0 Å². The monoisotopic (exact) mass is 431 g/mol. The van der Waals surface area contributed by atoms with E-state index in [0.717, 1.165) is 43.4 Å². The molecule has 2 aromatic heterocycles. The molecule has 0 bridgehead atoms. The van der Waals surface area contributed by atoms with E-state index >= 15 is 0 Å². The highest BCUT2D eigenvalue weighted by atomic mass is 32.1. The van der Waals surface area contributed by atoms with E-state index < -0.39 is 11.9 Å². The van der Waals surface area contributed by atoms with Gasteiger partial charge in [0.1, 0.15) is 6.04 Å². The standard InChI is InChI=1S/C22H29N3O4S/c1-2-3-12-25(19(26)15-23-21(27)17-10-6-13-29-17)20(18-11-7-14-30-18)22(28)24-16-8-4-5-9-16/h6-7,10-11,13-14,16,20H,2-5,8-9,12,15H2,1H3,(H,23,27)(H,24,28)/t20-/m0/s1. The summed E-state index contributed by atoms with van der Waals surface area (Å²) in [5.74, 6) is -0.738. The van der Waals surface area contributed by atoms with Crippen LogP contribution in [-0.4, -0.2) is 41.8 Å². The Balaban J connectivity index is 1.74. The summed E-state index contributed by atoms with van der Waals surface area (Å²) in [7, 11) is 0. The summed E-state index contributed by atoms with van der Waals surface area (Å²) < 4.78 is 5.07. The second kappa shape index (κ2) is 11.0. The molecule has 162 valence electrons. The number of thiophene rings is 1. The van der Waals surface area contributed by atoms with E-state index in [-0.39, 0.29) is 30.2 Å². The van der Waals surface area contributed by atoms with Crippen molar-refractivity contribution in [3.8, 4) is 0 Å². The van der Waals surface area contributed by atoms with Gasteiger partial charge in [-0.1, -0.05) is 32.3 Å². The van der Waals surface area contributed by atoms with E-state index in [9.17, 15) is 14.4 Å². The summed E-state index contributed by atoms with van der Waals surface area (Å²) in [6.07, 6.45) is 7.26. The molecule has 8 heteroatoms. The molecule has 2 aromatic rings. The fourth-order valence-electron chi connectivity index (χ4n) is 3.70. The number of nitrogens with zero attached hydrogens (tertiary/aromatic N) is 1. The van der Waals surface area contributed by atoms with Crippen LogP contribution in [0.2, 0.25) is 0 Å². The lowest BCUT2D eigenvalue weighted by atomic mass is 10.1. The number of nitrogens with one attached hydrogen (secondary N) is 2. The molecule has 2 N–H and O–H groups in total. The summed E-state index contributed by atoms with van der Waals surface area (Å²) in [6, 6.07) is 6.41. The summed E-state index contributed by atoms with van der Waals surface area (Å²) >= 11 is 1.46. The van der Waals surface area contributed by atoms with E-state index in [0.29, 0.717) is 6.54 Å². The molecule has 1 fully saturated rings. The van der Waals surface area contributed by atoms with Crippen molar-refractivity contribution in [1.29, 1.82) is 0 Å². The summed E-state index contributed by atoms with van der Waals surface area (Å²) in [5.41, 5.74) is 0. The smallest absolute Gasteiger partial charge is 0.287 e. The van der Waals surface area contributed by atoms with Gasteiger partial charge in [-0.05, 0) is 42.8 Å². The summed E-state index contributed by atoms with van der Waals surface area (Å²) in [5, 5.41) is 7.65. The summed E-state index contributed by atoms with van der Waals surface area (Å²) in [6.45, 7) is 2.30. The topological polar surface area (TPSA) is 91.7 Å². The number of furan rings is 1. The van der Waals surface area contributed by atoms with Crippen molar-refractivity contribution in [3.05, 3.63) is 46.5 Å². The normalized spacial score (nSPS) is 15.0. The average molecular weight is 432 g/mol. The Morgan fingerprint density at radius 1 is 1.23 bits per heavy atom. The summed E-state index contributed by atoms with van der Waals surface area (Å²) in [4.78, 5) is 40.9. The van der Waals surface area contributed by atoms with Gasteiger partial charge in [0.05, 0.1) is 12.8 Å². The highest BCUT2D eigenvalue weighted by Crippen LogP contribution is 2.27. The third-order valence-corrected chi connectivity index (χ3v) is 6.22. The number of amides is 3. The predicted octanol–water partition coefficient (Wildman–Crippen LogP) is 3.50. The molecule has 0 saturated heterocycles. The number of carbonyl (C=O) groups is 3. The second-order valence-corrected chi connectivity index (χ2v) is 8.49. The SMILES string of the molecule is CCCCN(C(=O)CNC(=O)c1ccco1)[C@H](C(=O)NC1CCCC1)c1cccs1. The molecule has 0 radical (unpaired) electrons. The molecule has 1 saturated carbocycles. The van der Waals surface area contributed by atoms with Crippen molar-refractivity contribution in [2.75, 3.05) is 13.1 Å². The third kappa shape index (κ3) is 5.72. The van der Waals surface area contributed by atoms with Crippen LogP contribution in [-0.2, 0) is 9.59 Å². The molecule has 0 unspecified atom stereocenters. The quantitative estimate of drug-likeness (QED) is 0.602. The number of rotatable bonds is 10. The van der Waals surface area contributed by atoms with E-state index in [4.69, 9.17) is 4.42 Å². The van der Waals surface area contributed by atoms with Crippen LogP contribution < -0.4 is 10.6 Å². The van der Waals surface area contributed by atoms with Gasteiger partial charge in [-0.2, -0.15) is 0 Å². The van der Waals surface area contributed by atoms with Crippen LogP contribution in [0.15, 0.2) is 40.3 Å². The van der Waals surface area contributed by atoms with Gasteiger partial charge in [-0.25, -0.2) is 0 Å². The molecule has 30 heavy (non-hydrogen) atoms. The van der Waals surface area contributed by atoms with Crippen molar-refractivity contribution >= 4 is 29.1 Å². The van der Waals surface area contributed by atoms with Crippen molar-refractivity contribution in [3.63, 3.8) is 0 Å². The van der Waals surface area contributed by atoms with Crippen molar-refractivity contribution < 1.29 is 18.8 Å². The maximum atomic E-state index is 13.2. The third-order valence-electron chi connectivity index (χ3n) is 5.29. The zero-order valence-corrected chi connectivity index (χ0v) is 18.1. The molecule has 2 heterocycles. The molecule has 0 aliphatic heterocycles. The zero-order chi connectivity index (χ0) is 21.3. The minimum atomic E-state index is -0.690. The molecule has 0 spiro atoms. The number of carbonyl (C=O) groups excluding carboxylic acids is 3. The molecule has 1 atom stereocenters. The maximum Gasteiger partial charge on any atom is 0.287 e. The Bertz CT molecular complexity index is 814. The fourth-order valence-corrected chi connectivity index (χ4v) is 4.53. The van der Waals surface area contributed by atoms with E-state index in [1.54, 1.807) is 11.0 Å². The molecule has 7 nitrogen and oxygen atoms in total. The number of hydrogen-bond donors (Lipinski definition) is 2. The first-order chi connectivity index (χ1) is 14.6. The molecule has 0 aromatic carbocycles. The van der Waals surface area contributed by atoms with Gasteiger partial charge in [-0.15, -0.1) is 11.3 Å². The molecule has 3 amide bonds. The predicted molar refractivity (Wildman–Crippen MR) is 115 cm³/mol. The first-order valence-corrected chi connectivity index (χ1v) is 11.4. The lowest BCUT2D eigenvalue weighted by Crippen LogP contribution is -2.48. The molecule has 3 rings (SSSR count). The minimum Gasteiger partial charge on any atom is -0.459 e. The maximum absolute atomic E-state index is 13.2. The Kier molecular flexibility index (Phi) is 8.07. The van der Waals surface area contributed by atoms with E-state index in [2.05, 4.69) is 10.6 Å². The van der Waals surface area contributed by atoms with Crippen LogP contribution in [0.3, 0.4) is 0 Å². The van der Waals surface area contributed by atoms with Crippen LogP contribution in [0.1, 0.15) is 66.9 Å². The van der Waals surface area contributed by atoms with Crippen molar-refractivity contribution in [1.82, 2.24) is 15.5 Å². The van der Waals surface area contributed by atoms with Gasteiger partial charge in [0.15, 0.2) is 5.76 Å². The van der Waals surface area contributed by atoms with Crippen LogP contribution >= 0.6 is 11.3 Å². The van der Waals surface area contributed by atoms with Gasteiger partial charge in [0.25, 0.3) is 5.91 Å². The van der Waals surface area contributed by atoms with Crippen molar-refractivity contribution in [2.45, 2.75) is 57.5 Å². The highest BCUT2D eigenvalue weighted by Gasteiger charge is 2.33. The Morgan fingerprint density at radius 2 is 2.03 bits per heavy atom. The lowest BCUT2D eigenvalue weighted by Gasteiger charge is -2.31. The largest absolute Gasteiger partial charge is 0.459 e. The zero-order valence-electron chi connectivity index (χ0n) is 17.3. The Hall–Kier alpha value is -2.61. The lowest BCUT2D eigenvalue weighted by molar-refractivity contribution is -0.140. The fraction of sp³-hybridized carbons (Fsp3) is 0.500. The van der Waals surface area contributed by atoms with Gasteiger partial charge in [0.2, 0.25) is 11.8 Å². The van der Waals surface area contributed by atoms with E-state index in [1.807, 2.05) is 24.4 Å². The first-order valence-electron chi connectivity index (χ1n) is 10.5. The number of hydrogen-bond acceptors (Lipinski definition) is 5. The molecular formula is C22H29N3O4S. The van der Waals surface area contributed by atoms with Crippen LogP contribution in [0.5, 0.6) is 0 Å². The minimum absolute atomic E-state index is 0.147. The van der Waals surface area contributed by atoms with Gasteiger partial charge < -0.3 is 20.0 Å². The van der Waals surface area contributed by atoms with Gasteiger partial charge in [-0.3, -0.25) is 14.4 Å². The van der Waals surface area contributed by atoms with Crippen LogP contribution in [0.4, 0.5) is 0 Å². The van der Waals surface area contributed by atoms with E-state index in [1.165, 1.54) is 23.7 Å². The van der Waals surface area contributed by atoms with Crippen molar-refractivity contribution in [2.24, 2.45) is 0 Å². The first kappa shape index (κ1) is 22.1. The molecule has 1 aliphatic rings. The molecule has 1 aliphatic carbocycles. The Morgan fingerprint density at radius 3 is 2.67 bits per heavy atom. The van der Waals surface area contributed by atoms with Crippen LogP contribution in [0, 0.1) is 0 Å². The Labute approximate surface area is 180 Å². The average Bonchev–Trinajstić information content (AvgIpc) is 3.51. The number of unbranched alkanes of at least 4 members (excludes halogenated alkanes) is 1. The van der Waals surface area contributed by atoms with Gasteiger partial charge >= 0.3 is 0 Å². The molecular weight excluding hydrogens is 402 g/mol. The van der Waals surface area contributed by atoms with Gasteiger partial charge in [0, 0.05) is 17.5 Å². The second-order valence-electron chi connectivity index (χ2n) is 7.51.